The number of aromatic hydroxyl groups is 1. The fraction of sp³-hybridized carbons (Fsp3) is 0.667. The number of phenols is 1. The van der Waals surface area contributed by atoms with Gasteiger partial charge in [-0.15, -0.1) is 11.3 Å². The van der Waals surface area contributed by atoms with Crippen LogP contribution in [0.3, 0.4) is 0 Å². The van der Waals surface area contributed by atoms with E-state index in [9.17, 15) is 102 Å². The number of unbranched alkanes of at least 4 members (excludes halogenated alkanes) is 1. The highest BCUT2D eigenvalue weighted by atomic mass is 32.1. The SMILES string of the molecule is CC[C@H](C)[C@H](NC(=O)C(C)(C)N(C)C)C(=O)N(C)[C@H](C[C@@H](OC(C)=O)c1nc(C(=O)N[C@@H](Cc2ccc(O)c(NC(=O)CCCNC(=O)[C@H](CCCCNC(=O)CCOCCOCCOCCOCCOCCOCCOCCOCCOC)NC(=O)CCCNC(=O)[C@@H](NC(=O)CCN3C(=O)C=CC3=O)[C@@H](NC(=O)CCN3C(=O)C=CC3=O)C(=O)NCCCC(=O)O)c2)C[C@H](C)C(=O)O)cs1)C(C)C. The lowest BCUT2D eigenvalue weighted by Crippen LogP contribution is -2.64. The van der Waals surface area contributed by atoms with Crippen LogP contribution in [-0.4, -0.2) is 368 Å². The number of amides is 15. The first kappa shape index (κ1) is 121. The number of ether oxygens (including phenoxy) is 10. The van der Waals surface area contributed by atoms with Crippen LogP contribution < -0.4 is 53.2 Å². The van der Waals surface area contributed by atoms with Gasteiger partial charge in [0.15, 0.2) is 6.10 Å². The molecular formula is C93H145N15O31S. The molecule has 0 radical (unpaired) electrons. The van der Waals surface area contributed by atoms with Crippen molar-refractivity contribution in [2.75, 3.05) is 185 Å². The molecule has 0 saturated carbocycles. The Hall–Kier alpha value is -11.4. The Bertz CT molecular complexity index is 4360. The number of thiazole rings is 1. The molecule has 784 valence electrons. The molecule has 2 aliphatic heterocycles. The quantitative estimate of drug-likeness (QED) is 0.0189. The van der Waals surface area contributed by atoms with Gasteiger partial charge in [0.25, 0.3) is 29.5 Å². The van der Waals surface area contributed by atoms with Gasteiger partial charge in [-0.1, -0.05) is 47.1 Å². The monoisotopic (exact) mass is 2000 g/mol. The van der Waals surface area contributed by atoms with Crippen molar-refractivity contribution in [2.45, 2.75) is 206 Å². The molecule has 0 spiro atoms. The van der Waals surface area contributed by atoms with Gasteiger partial charge in [0.1, 0.15) is 40.6 Å². The number of esters is 1. The molecule has 2 aliphatic rings. The maximum absolute atomic E-state index is 14.5. The van der Waals surface area contributed by atoms with Crippen molar-refractivity contribution in [3.63, 3.8) is 0 Å². The van der Waals surface area contributed by atoms with E-state index in [0.29, 0.717) is 111 Å². The van der Waals surface area contributed by atoms with E-state index >= 15 is 0 Å². The molecule has 2 aromatic rings. The second-order valence-corrected chi connectivity index (χ2v) is 35.2. The third-order valence-corrected chi connectivity index (χ3v) is 23.5. The maximum atomic E-state index is 14.5. The number of nitrogens with zero attached hydrogens (tertiary/aromatic N) is 5. The van der Waals surface area contributed by atoms with E-state index in [1.807, 2.05) is 27.7 Å². The van der Waals surface area contributed by atoms with E-state index in [-0.39, 0.29) is 168 Å². The molecule has 1 aromatic carbocycles. The molecule has 3 heterocycles. The summed E-state index contributed by atoms with van der Waals surface area (Å²) >= 11 is 1.03. The standard InChI is InChI=1S/C93H145N15O31S/c1-13-61(4)82(104-92(129)93(7,8)105(9)10)90(126)106(11)69(60(2)3)58-71(139-63(6)109)89-101-68(59-140-89)86(123)98-65(55-62(5)91(127)128)56-64-23-24-70(110)67(57-64)100-74(113)21-16-33-95-85(122)66(19-14-15-32-94-72(111)31-38-131-41-42-133-45-46-135-49-50-137-53-54-138-52-51-136-48-47-134-44-43-132-40-39-130-12)99-73(112)20-17-34-96-87(124)83(102-75(114)29-36-107-77(116)25-26-78(107)117)84(88(125)97-35-18-22-81(120)121)103-76(115)30-37-108-79(118)27-28-80(108)119/h23-28,57,59-62,65-66,69,71,82-84,110H,13-22,29-56,58H2,1-12H3,(H,94,111)(H,95,122)(H,96,124)(H,97,125)(H,98,123)(H,99,112)(H,100,113)(H,102,114)(H,103,115)(H,104,129)(H,120,121)(H,127,128)/t61-,62-,65+,66-,69+,71+,82-,83-,84+/m0/s1. The maximum Gasteiger partial charge on any atom is 0.306 e. The smallest absolute Gasteiger partial charge is 0.306 e. The summed E-state index contributed by atoms with van der Waals surface area (Å²) in [6.07, 6.45) is 1.45. The summed E-state index contributed by atoms with van der Waals surface area (Å²) < 4.78 is 54.7. The molecule has 0 saturated heterocycles. The van der Waals surface area contributed by atoms with Gasteiger partial charge in [-0.05, 0) is 109 Å². The van der Waals surface area contributed by atoms with E-state index in [1.54, 1.807) is 51.9 Å². The summed E-state index contributed by atoms with van der Waals surface area (Å²) in [4.78, 5) is 247. The number of likely N-dealkylation sites (N-methyl/N-ethyl adjacent to an activating group) is 2. The van der Waals surface area contributed by atoms with Crippen molar-refractivity contribution in [2.24, 2.45) is 17.8 Å². The molecule has 13 N–H and O–H groups in total. The molecule has 46 nitrogen and oxygen atoms in total. The van der Waals surface area contributed by atoms with Gasteiger partial charge in [-0.25, -0.2) is 4.98 Å². The number of nitrogens with one attached hydrogen (secondary N) is 10. The largest absolute Gasteiger partial charge is 0.506 e. The van der Waals surface area contributed by atoms with Crippen LogP contribution in [0, 0.1) is 17.8 Å². The zero-order valence-electron chi connectivity index (χ0n) is 82.4. The number of benzene rings is 1. The van der Waals surface area contributed by atoms with Crippen molar-refractivity contribution in [3.8, 4) is 5.75 Å². The first-order valence-electron chi connectivity index (χ1n) is 47.1. The summed E-state index contributed by atoms with van der Waals surface area (Å²) in [6.45, 7) is 18.5. The molecule has 15 amide bonds. The number of phenolic OH excluding ortho intramolecular Hbond substituents is 1. The van der Waals surface area contributed by atoms with Gasteiger partial charge in [0, 0.05) is 147 Å². The van der Waals surface area contributed by atoms with E-state index in [1.165, 1.54) is 37.4 Å². The van der Waals surface area contributed by atoms with Crippen LogP contribution >= 0.6 is 11.3 Å². The Labute approximate surface area is 820 Å². The summed E-state index contributed by atoms with van der Waals surface area (Å²) in [5, 5.41) is 58.4. The normalized spacial score (nSPS) is 14.4. The number of hydrogen-bond donors (Lipinski definition) is 13. The molecule has 0 bridgehead atoms. The van der Waals surface area contributed by atoms with Crippen LogP contribution in [0.1, 0.15) is 179 Å². The summed E-state index contributed by atoms with van der Waals surface area (Å²) in [5.74, 6) is -15.8. The molecule has 9 atom stereocenters. The number of hydrogen-bond acceptors (Lipinski definition) is 32. The highest BCUT2D eigenvalue weighted by molar-refractivity contribution is 7.09. The number of carbonyl (C=O) groups excluding carboxylic acids is 16. The molecular weight excluding hydrogens is 1860 g/mol. The zero-order chi connectivity index (χ0) is 104. The second-order valence-electron chi connectivity index (χ2n) is 34.3. The molecule has 0 unspecified atom stereocenters. The number of rotatable bonds is 77. The van der Waals surface area contributed by atoms with Crippen LogP contribution in [0.25, 0.3) is 0 Å². The molecule has 0 aliphatic carbocycles. The van der Waals surface area contributed by atoms with Crippen LogP contribution in [0.4, 0.5) is 5.69 Å². The van der Waals surface area contributed by atoms with Gasteiger partial charge >= 0.3 is 17.9 Å². The first-order chi connectivity index (χ1) is 66.7. The highest BCUT2D eigenvalue weighted by Crippen LogP contribution is 2.32. The summed E-state index contributed by atoms with van der Waals surface area (Å²) in [7, 11) is 6.76. The van der Waals surface area contributed by atoms with Crippen LogP contribution in [-0.2, 0) is 135 Å². The zero-order valence-corrected chi connectivity index (χ0v) is 83.2. The Kier molecular flexibility index (Phi) is 57.9. The summed E-state index contributed by atoms with van der Waals surface area (Å²) in [5.41, 5.74) is -0.653. The average Bonchev–Trinajstić information content (AvgIpc) is 1.02. The number of aliphatic carboxylic acids is 2. The lowest BCUT2D eigenvalue weighted by molar-refractivity contribution is -0.149. The Morgan fingerprint density at radius 1 is 0.514 bits per heavy atom. The molecule has 0 fully saturated rings. The van der Waals surface area contributed by atoms with Crippen LogP contribution in [0.15, 0.2) is 47.9 Å². The lowest BCUT2D eigenvalue weighted by Gasteiger charge is -2.38. The number of carboxylic acid groups (broad SMARTS) is 2. The van der Waals surface area contributed by atoms with Crippen molar-refractivity contribution >= 4 is 124 Å². The number of aromatic nitrogens is 1. The Balaban J connectivity index is 1.41. The van der Waals surface area contributed by atoms with Gasteiger partial charge < -0.3 is 121 Å². The van der Waals surface area contributed by atoms with Crippen LogP contribution in [0.2, 0.25) is 0 Å². The number of carboxylic acids is 2. The average molecular weight is 2000 g/mol. The fourth-order valence-electron chi connectivity index (χ4n) is 13.7. The first-order valence-corrected chi connectivity index (χ1v) is 48.0. The minimum absolute atomic E-state index is 0.00761. The number of carbonyl (C=O) groups is 18. The molecule has 1 aromatic heterocycles. The van der Waals surface area contributed by atoms with E-state index in [2.05, 4.69) is 58.2 Å². The fourth-order valence-corrected chi connectivity index (χ4v) is 14.6. The summed E-state index contributed by atoms with van der Waals surface area (Å²) in [6, 6.07) is -3.33. The van der Waals surface area contributed by atoms with Gasteiger partial charge in [-0.2, -0.15) is 0 Å². The number of methoxy groups -OCH3 is 1. The van der Waals surface area contributed by atoms with E-state index in [0.717, 1.165) is 45.4 Å². The minimum Gasteiger partial charge on any atom is -0.506 e. The van der Waals surface area contributed by atoms with Crippen molar-refractivity contribution < 1.29 is 149 Å². The third-order valence-electron chi connectivity index (χ3n) is 22.5. The predicted octanol–water partition coefficient (Wildman–Crippen LogP) is 0.902. The predicted molar refractivity (Wildman–Crippen MR) is 506 cm³/mol. The highest BCUT2D eigenvalue weighted by Gasteiger charge is 2.41. The lowest BCUT2D eigenvalue weighted by atomic mass is 9.92. The van der Waals surface area contributed by atoms with Gasteiger partial charge in [0.2, 0.25) is 59.1 Å². The van der Waals surface area contributed by atoms with E-state index < -0.39 is 175 Å². The number of imide groups is 2. The topological polar surface area (TPSA) is 606 Å². The van der Waals surface area contributed by atoms with Crippen LogP contribution in [0.5, 0.6) is 5.75 Å². The molecule has 47 heteroatoms. The minimum atomic E-state index is -2.00. The Morgan fingerprint density at radius 2 is 0.971 bits per heavy atom. The number of anilines is 1. The van der Waals surface area contributed by atoms with Gasteiger partial charge in [-0.3, -0.25) is 101 Å². The Morgan fingerprint density at radius 3 is 1.43 bits per heavy atom. The molecule has 140 heavy (non-hydrogen) atoms. The van der Waals surface area contributed by atoms with Crippen molar-refractivity contribution in [1.29, 1.82) is 0 Å². The van der Waals surface area contributed by atoms with Crippen molar-refractivity contribution in [1.82, 2.24) is 72.4 Å². The third kappa shape index (κ3) is 47.2. The van der Waals surface area contributed by atoms with Crippen molar-refractivity contribution in [3.05, 3.63) is 64.1 Å². The van der Waals surface area contributed by atoms with Gasteiger partial charge in [0.05, 0.1) is 129 Å². The molecule has 4 rings (SSSR count). The van der Waals surface area contributed by atoms with E-state index in [4.69, 9.17) is 47.4 Å². The second kappa shape index (κ2) is 67.1.